The van der Waals surface area contributed by atoms with Crippen LogP contribution in [0, 0.1) is 19.3 Å². The number of ether oxygens (including phenoxy) is 1. The Labute approximate surface area is 188 Å². The van der Waals surface area contributed by atoms with E-state index in [1.165, 1.54) is 6.33 Å². The van der Waals surface area contributed by atoms with E-state index in [2.05, 4.69) is 45.6 Å². The van der Waals surface area contributed by atoms with Gasteiger partial charge in [0.1, 0.15) is 23.7 Å². The van der Waals surface area contributed by atoms with E-state index >= 15 is 0 Å². The summed E-state index contributed by atoms with van der Waals surface area (Å²) in [7, 11) is 3.61. The Morgan fingerprint density at radius 2 is 2.06 bits per heavy atom. The van der Waals surface area contributed by atoms with Gasteiger partial charge in [0.05, 0.1) is 31.5 Å². The molecule has 0 aliphatic heterocycles. The van der Waals surface area contributed by atoms with E-state index in [1.807, 2.05) is 31.0 Å². The lowest BCUT2D eigenvalue weighted by Gasteiger charge is -2.23. The zero-order chi connectivity index (χ0) is 23.4. The molecule has 0 amide bonds. The number of aryl methyl sites for hydroxylation is 1. The molecule has 3 rings (SSSR count). The summed E-state index contributed by atoms with van der Waals surface area (Å²) in [5, 5.41) is 19.1. The van der Waals surface area contributed by atoms with E-state index in [0.717, 1.165) is 46.7 Å². The molecule has 0 saturated heterocycles. The van der Waals surface area contributed by atoms with E-state index < -0.39 is 0 Å². The summed E-state index contributed by atoms with van der Waals surface area (Å²) in [5.41, 5.74) is 12.1. The predicted molar refractivity (Wildman–Crippen MR) is 129 cm³/mol. The van der Waals surface area contributed by atoms with Gasteiger partial charge in [-0.2, -0.15) is 5.10 Å². The molecule has 1 aromatic carbocycles. The van der Waals surface area contributed by atoms with Gasteiger partial charge in [-0.1, -0.05) is 6.07 Å². The summed E-state index contributed by atoms with van der Waals surface area (Å²) in [6.07, 6.45) is 5.33. The lowest BCUT2D eigenvalue weighted by molar-refractivity contribution is 0.409. The molecule has 170 valence electrons. The lowest BCUT2D eigenvalue weighted by atomic mass is 9.92. The van der Waals surface area contributed by atoms with Crippen LogP contribution in [0.15, 0.2) is 24.8 Å². The Balaban J connectivity index is 2.05. The number of nitrogens with zero attached hydrogens (tertiary/aromatic N) is 4. The van der Waals surface area contributed by atoms with Gasteiger partial charge in [0.25, 0.3) is 0 Å². The maximum atomic E-state index is 8.07. The van der Waals surface area contributed by atoms with Crippen LogP contribution >= 0.6 is 0 Å². The van der Waals surface area contributed by atoms with E-state index in [9.17, 15) is 0 Å². The fraction of sp³-hybridized carbons (Fsp3) is 0.391. The highest BCUT2D eigenvalue weighted by atomic mass is 16.5. The number of hydrogen-bond acceptors (Lipinski definition) is 8. The number of hydrogen-bond donors (Lipinski definition) is 4. The first-order valence-corrected chi connectivity index (χ1v) is 10.6. The van der Waals surface area contributed by atoms with Gasteiger partial charge in [0.15, 0.2) is 0 Å². The molecule has 0 bridgehead atoms. The normalized spacial score (nSPS) is 11.9. The first-order chi connectivity index (χ1) is 15.3. The first-order valence-electron chi connectivity index (χ1n) is 10.6. The molecule has 2 heterocycles. The molecule has 9 nitrogen and oxygen atoms in total. The summed E-state index contributed by atoms with van der Waals surface area (Å²) in [4.78, 5) is 8.36. The number of likely N-dealkylation sites (N-methyl/N-ethyl adjacent to an activating group) is 1. The number of nitrogens with one attached hydrogen (secondary N) is 3. The zero-order valence-electron chi connectivity index (χ0n) is 19.6. The molecule has 9 heteroatoms. The van der Waals surface area contributed by atoms with Crippen LogP contribution in [0.2, 0.25) is 0 Å². The van der Waals surface area contributed by atoms with Gasteiger partial charge in [-0.05, 0) is 45.9 Å². The predicted octanol–water partition coefficient (Wildman–Crippen LogP) is 3.33. The van der Waals surface area contributed by atoms with Gasteiger partial charge in [-0.15, -0.1) is 0 Å². The first kappa shape index (κ1) is 23.2. The smallest absolute Gasteiger partial charge is 0.141 e. The highest BCUT2D eigenvalue weighted by molar-refractivity contribution is 6.04. The van der Waals surface area contributed by atoms with Gasteiger partial charge < -0.3 is 26.5 Å². The average Bonchev–Trinajstić information content (AvgIpc) is 3.21. The van der Waals surface area contributed by atoms with Crippen LogP contribution in [0.1, 0.15) is 42.1 Å². The molecule has 0 spiro atoms. The van der Waals surface area contributed by atoms with Crippen molar-refractivity contribution in [2.75, 3.05) is 31.8 Å². The summed E-state index contributed by atoms with van der Waals surface area (Å²) >= 11 is 0. The Kier molecular flexibility index (Phi) is 7.09. The lowest BCUT2D eigenvalue weighted by Crippen LogP contribution is -2.15. The Hall–Kier alpha value is -3.46. The average molecular weight is 437 g/mol. The molecule has 1 atom stereocenters. The number of anilines is 2. The van der Waals surface area contributed by atoms with Crippen molar-refractivity contribution in [3.63, 3.8) is 0 Å². The minimum atomic E-state index is -0.158. The van der Waals surface area contributed by atoms with Crippen molar-refractivity contribution >= 4 is 17.3 Å². The van der Waals surface area contributed by atoms with Crippen LogP contribution < -0.4 is 21.1 Å². The van der Waals surface area contributed by atoms with Crippen LogP contribution in [0.5, 0.6) is 5.75 Å². The molecule has 2 aromatic heterocycles. The highest BCUT2D eigenvalue weighted by Gasteiger charge is 2.22. The van der Waals surface area contributed by atoms with E-state index in [-0.39, 0.29) is 11.9 Å². The minimum Gasteiger partial charge on any atom is -0.496 e. The van der Waals surface area contributed by atoms with Gasteiger partial charge in [-0.25, -0.2) is 9.97 Å². The molecule has 0 aliphatic rings. The molecule has 0 saturated carbocycles. The van der Waals surface area contributed by atoms with Crippen LogP contribution in [0.3, 0.4) is 0 Å². The minimum absolute atomic E-state index is 0.158. The third-order valence-electron chi connectivity index (χ3n) is 5.62. The van der Waals surface area contributed by atoms with Crippen molar-refractivity contribution in [1.82, 2.24) is 25.1 Å². The molecule has 0 fully saturated rings. The molecule has 0 radical (unpaired) electrons. The third kappa shape index (κ3) is 4.57. The quantitative estimate of drug-likeness (QED) is 0.379. The number of benzene rings is 1. The molecular formula is C23H32N8O. The molecular weight excluding hydrogens is 404 g/mol. The summed E-state index contributed by atoms with van der Waals surface area (Å²) < 4.78 is 7.86. The third-order valence-corrected chi connectivity index (χ3v) is 5.62. The van der Waals surface area contributed by atoms with Crippen molar-refractivity contribution in [1.29, 1.82) is 5.41 Å². The molecule has 5 N–H and O–H groups in total. The maximum absolute atomic E-state index is 8.07. The Bertz CT molecular complexity index is 1120. The summed E-state index contributed by atoms with van der Waals surface area (Å²) in [6.45, 7) is 9.53. The second-order valence-electron chi connectivity index (χ2n) is 7.89. The van der Waals surface area contributed by atoms with Crippen LogP contribution in [0.4, 0.5) is 11.6 Å². The SMILES string of the molecule is CNCCn1cc(-c2c(C)c(C)cc(C(C)Nc3ncnc(N)c3C(C)=N)c2OC)cn1. The Morgan fingerprint density at radius 1 is 1.31 bits per heavy atom. The van der Waals surface area contributed by atoms with Crippen molar-refractivity contribution in [3.05, 3.63) is 47.0 Å². The number of rotatable bonds is 9. The van der Waals surface area contributed by atoms with Gasteiger partial charge in [-0.3, -0.25) is 4.68 Å². The van der Waals surface area contributed by atoms with Crippen LogP contribution in [0.25, 0.3) is 11.1 Å². The van der Waals surface area contributed by atoms with E-state index in [4.69, 9.17) is 15.9 Å². The number of nitrogens with two attached hydrogens (primary N) is 1. The Morgan fingerprint density at radius 3 is 2.72 bits per heavy atom. The number of nitrogen functional groups attached to an aromatic ring is 1. The van der Waals surface area contributed by atoms with Crippen molar-refractivity contribution in [2.24, 2.45) is 0 Å². The monoisotopic (exact) mass is 436 g/mol. The van der Waals surface area contributed by atoms with Crippen LogP contribution in [-0.4, -0.2) is 46.2 Å². The highest BCUT2D eigenvalue weighted by Crippen LogP contribution is 2.41. The fourth-order valence-corrected chi connectivity index (χ4v) is 3.81. The van der Waals surface area contributed by atoms with Crippen molar-refractivity contribution < 1.29 is 4.74 Å². The van der Waals surface area contributed by atoms with E-state index in [0.29, 0.717) is 17.1 Å². The van der Waals surface area contributed by atoms with Crippen molar-refractivity contribution in [3.8, 4) is 16.9 Å². The standard InChI is InChI=1S/C23H32N8O/c1-13-9-18(16(4)30-23-20(15(3)24)22(25)27-12-28-23)21(32-6)19(14(13)2)17-10-29-31(11-17)8-7-26-5/h9-12,16,24,26H,7-8H2,1-6H3,(H3,25,27,28,30). The van der Waals surface area contributed by atoms with Gasteiger partial charge in [0, 0.05) is 35.1 Å². The molecule has 0 aliphatic carbocycles. The van der Waals surface area contributed by atoms with E-state index in [1.54, 1.807) is 14.0 Å². The maximum Gasteiger partial charge on any atom is 0.141 e. The number of methoxy groups -OCH3 is 1. The van der Waals surface area contributed by atoms with Crippen LogP contribution in [-0.2, 0) is 6.54 Å². The summed E-state index contributed by atoms with van der Waals surface area (Å²) in [5.74, 6) is 1.60. The second kappa shape index (κ2) is 9.78. The second-order valence-corrected chi connectivity index (χ2v) is 7.89. The van der Waals surface area contributed by atoms with Gasteiger partial charge in [0.2, 0.25) is 0 Å². The van der Waals surface area contributed by atoms with Gasteiger partial charge >= 0.3 is 0 Å². The molecule has 3 aromatic rings. The van der Waals surface area contributed by atoms with Crippen molar-refractivity contribution in [2.45, 2.75) is 40.3 Å². The molecule has 1 unspecified atom stereocenters. The fourth-order valence-electron chi connectivity index (χ4n) is 3.81. The zero-order valence-corrected chi connectivity index (χ0v) is 19.6. The number of aromatic nitrogens is 4. The largest absolute Gasteiger partial charge is 0.496 e. The topological polar surface area (TPSA) is 127 Å². The summed E-state index contributed by atoms with van der Waals surface area (Å²) in [6, 6.07) is 1.97. The molecule has 32 heavy (non-hydrogen) atoms.